The molecule has 2 fully saturated rings. The Morgan fingerprint density at radius 2 is 1.90 bits per heavy atom. The van der Waals surface area contributed by atoms with Gasteiger partial charge in [-0.3, -0.25) is 4.98 Å². The minimum Gasteiger partial charge on any atom is -0.369 e. The van der Waals surface area contributed by atoms with Gasteiger partial charge in [0.1, 0.15) is 0 Å². The molecule has 0 unspecified atom stereocenters. The van der Waals surface area contributed by atoms with Gasteiger partial charge in [0.15, 0.2) is 5.82 Å². The van der Waals surface area contributed by atoms with E-state index in [9.17, 15) is 4.39 Å². The highest BCUT2D eigenvalue weighted by Crippen LogP contribution is 2.29. The van der Waals surface area contributed by atoms with Crippen molar-refractivity contribution in [2.24, 2.45) is 5.92 Å². The van der Waals surface area contributed by atoms with Crippen LogP contribution in [0.3, 0.4) is 0 Å². The van der Waals surface area contributed by atoms with E-state index in [1.807, 2.05) is 0 Å². The maximum Gasteiger partial charge on any atom is 0.164 e. The Labute approximate surface area is 120 Å². The van der Waals surface area contributed by atoms with E-state index in [1.54, 1.807) is 12.3 Å². The molecular formula is C16H24FN3. The summed E-state index contributed by atoms with van der Waals surface area (Å²) in [5.74, 6) is 0.563. The smallest absolute Gasteiger partial charge is 0.164 e. The number of anilines is 1. The Kier molecular flexibility index (Phi) is 4.20. The van der Waals surface area contributed by atoms with Gasteiger partial charge in [0.25, 0.3) is 0 Å². The number of pyridine rings is 1. The maximum absolute atomic E-state index is 13.8. The maximum atomic E-state index is 13.8. The summed E-state index contributed by atoms with van der Waals surface area (Å²) in [4.78, 5) is 8.63. The standard InChI is InChI=1S/C16H24FN3/c1-13(19-8-2-3-9-19)14-5-10-20(11-6-14)16-4-7-18-12-15(16)17/h4,7,12-14H,2-3,5-6,8-11H2,1H3/t13-/m1/s1. The van der Waals surface area contributed by atoms with Gasteiger partial charge >= 0.3 is 0 Å². The van der Waals surface area contributed by atoms with E-state index in [0.29, 0.717) is 11.7 Å². The number of hydrogen-bond acceptors (Lipinski definition) is 3. The van der Waals surface area contributed by atoms with Crippen molar-refractivity contribution in [3.8, 4) is 0 Å². The van der Waals surface area contributed by atoms with Crippen molar-refractivity contribution in [3.05, 3.63) is 24.3 Å². The first-order valence-corrected chi connectivity index (χ1v) is 7.84. The van der Waals surface area contributed by atoms with Crippen molar-refractivity contribution < 1.29 is 4.39 Å². The van der Waals surface area contributed by atoms with Crippen molar-refractivity contribution in [2.45, 2.75) is 38.6 Å². The van der Waals surface area contributed by atoms with Crippen LogP contribution in [0.2, 0.25) is 0 Å². The average Bonchev–Trinajstić information content (AvgIpc) is 3.01. The zero-order chi connectivity index (χ0) is 13.9. The van der Waals surface area contributed by atoms with Crippen LogP contribution in [0.1, 0.15) is 32.6 Å². The number of nitrogens with zero attached hydrogens (tertiary/aromatic N) is 3. The summed E-state index contributed by atoms with van der Waals surface area (Å²) in [5.41, 5.74) is 0.715. The Morgan fingerprint density at radius 1 is 1.20 bits per heavy atom. The molecule has 0 radical (unpaired) electrons. The second-order valence-electron chi connectivity index (χ2n) is 6.14. The van der Waals surface area contributed by atoms with Crippen LogP contribution in [0.15, 0.2) is 18.5 Å². The number of rotatable bonds is 3. The number of halogens is 1. The number of aromatic nitrogens is 1. The van der Waals surface area contributed by atoms with Gasteiger partial charge in [0.2, 0.25) is 0 Å². The molecule has 1 aromatic rings. The Bertz CT molecular complexity index is 437. The predicted octanol–water partition coefficient (Wildman–Crippen LogP) is 2.92. The summed E-state index contributed by atoms with van der Waals surface area (Å²) in [6.07, 6.45) is 8.03. The van der Waals surface area contributed by atoms with E-state index < -0.39 is 0 Å². The highest BCUT2D eigenvalue weighted by Gasteiger charge is 2.29. The SMILES string of the molecule is C[C@H](C1CCN(c2ccncc2F)CC1)N1CCCC1. The molecule has 3 nitrogen and oxygen atoms in total. The molecule has 3 rings (SSSR count). The van der Waals surface area contributed by atoms with Crippen molar-refractivity contribution in [1.82, 2.24) is 9.88 Å². The first-order valence-electron chi connectivity index (χ1n) is 7.84. The Morgan fingerprint density at radius 3 is 2.55 bits per heavy atom. The molecule has 0 N–H and O–H groups in total. The second kappa shape index (κ2) is 6.08. The van der Waals surface area contributed by atoms with Gasteiger partial charge in [0.05, 0.1) is 11.9 Å². The van der Waals surface area contributed by atoms with Gasteiger partial charge in [-0.1, -0.05) is 0 Å². The monoisotopic (exact) mass is 277 g/mol. The van der Waals surface area contributed by atoms with Crippen LogP contribution in [0, 0.1) is 11.7 Å². The largest absolute Gasteiger partial charge is 0.369 e. The Hall–Kier alpha value is -1.16. The molecule has 0 saturated carbocycles. The number of hydrogen-bond donors (Lipinski definition) is 0. The zero-order valence-electron chi connectivity index (χ0n) is 12.3. The van der Waals surface area contributed by atoms with Gasteiger partial charge in [-0.15, -0.1) is 0 Å². The van der Waals surface area contributed by atoms with Crippen LogP contribution in [-0.2, 0) is 0 Å². The summed E-state index contributed by atoms with van der Waals surface area (Å²) in [6.45, 7) is 6.83. The third-order valence-corrected chi connectivity index (χ3v) is 5.03. The highest BCUT2D eigenvalue weighted by atomic mass is 19.1. The van der Waals surface area contributed by atoms with E-state index in [-0.39, 0.29) is 5.82 Å². The highest BCUT2D eigenvalue weighted by molar-refractivity contribution is 5.46. The van der Waals surface area contributed by atoms with Crippen LogP contribution in [0.5, 0.6) is 0 Å². The molecule has 0 amide bonds. The van der Waals surface area contributed by atoms with Crippen molar-refractivity contribution in [2.75, 3.05) is 31.1 Å². The minimum absolute atomic E-state index is 0.196. The molecular weight excluding hydrogens is 253 g/mol. The molecule has 110 valence electrons. The van der Waals surface area contributed by atoms with Gasteiger partial charge in [-0.25, -0.2) is 4.39 Å². The summed E-state index contributed by atoms with van der Waals surface area (Å²) in [6, 6.07) is 2.47. The fraction of sp³-hybridized carbons (Fsp3) is 0.688. The number of piperidine rings is 1. The van der Waals surface area contributed by atoms with Gasteiger partial charge in [0, 0.05) is 25.3 Å². The quantitative estimate of drug-likeness (QED) is 0.847. The molecule has 2 aliphatic rings. The van der Waals surface area contributed by atoms with Gasteiger partial charge in [-0.05, 0) is 57.7 Å². The molecule has 3 heterocycles. The predicted molar refractivity (Wildman–Crippen MR) is 79.4 cm³/mol. The fourth-order valence-corrected chi connectivity index (χ4v) is 3.69. The lowest BCUT2D eigenvalue weighted by Gasteiger charge is -2.39. The van der Waals surface area contributed by atoms with Crippen molar-refractivity contribution >= 4 is 5.69 Å². The van der Waals surface area contributed by atoms with E-state index >= 15 is 0 Å². The van der Waals surface area contributed by atoms with Crippen LogP contribution >= 0.6 is 0 Å². The lowest BCUT2D eigenvalue weighted by molar-refractivity contribution is 0.167. The molecule has 0 aromatic carbocycles. The molecule has 0 spiro atoms. The van der Waals surface area contributed by atoms with Gasteiger partial charge < -0.3 is 9.80 Å². The third-order valence-electron chi connectivity index (χ3n) is 5.03. The third kappa shape index (κ3) is 2.80. The average molecular weight is 277 g/mol. The summed E-state index contributed by atoms with van der Waals surface area (Å²) < 4.78 is 13.8. The molecule has 20 heavy (non-hydrogen) atoms. The molecule has 1 atom stereocenters. The van der Waals surface area contributed by atoms with Crippen LogP contribution in [0.25, 0.3) is 0 Å². The van der Waals surface area contributed by atoms with E-state index in [4.69, 9.17) is 0 Å². The molecule has 0 aliphatic carbocycles. The zero-order valence-corrected chi connectivity index (χ0v) is 12.3. The Balaban J connectivity index is 1.58. The fourth-order valence-electron chi connectivity index (χ4n) is 3.69. The molecule has 2 aliphatic heterocycles. The molecule has 2 saturated heterocycles. The normalized spacial score (nSPS) is 23.2. The van der Waals surface area contributed by atoms with Gasteiger partial charge in [-0.2, -0.15) is 0 Å². The van der Waals surface area contributed by atoms with Crippen molar-refractivity contribution in [1.29, 1.82) is 0 Å². The molecule has 0 bridgehead atoms. The lowest BCUT2D eigenvalue weighted by atomic mass is 9.89. The first-order chi connectivity index (χ1) is 9.75. The topological polar surface area (TPSA) is 19.4 Å². The summed E-state index contributed by atoms with van der Waals surface area (Å²) in [5, 5.41) is 0. The summed E-state index contributed by atoms with van der Waals surface area (Å²) in [7, 11) is 0. The van der Waals surface area contributed by atoms with Crippen LogP contribution in [0.4, 0.5) is 10.1 Å². The summed E-state index contributed by atoms with van der Waals surface area (Å²) >= 11 is 0. The lowest BCUT2D eigenvalue weighted by Crippen LogP contribution is -2.43. The van der Waals surface area contributed by atoms with Crippen LogP contribution in [-0.4, -0.2) is 42.1 Å². The minimum atomic E-state index is -0.196. The van der Waals surface area contributed by atoms with Crippen molar-refractivity contribution in [3.63, 3.8) is 0 Å². The van der Waals surface area contributed by atoms with E-state index in [2.05, 4.69) is 21.7 Å². The first kappa shape index (κ1) is 13.8. The van der Waals surface area contributed by atoms with E-state index in [1.165, 1.54) is 45.0 Å². The molecule has 4 heteroatoms. The molecule has 1 aromatic heterocycles. The van der Waals surface area contributed by atoms with Crippen LogP contribution < -0.4 is 4.90 Å². The van der Waals surface area contributed by atoms with E-state index in [0.717, 1.165) is 19.0 Å². The number of likely N-dealkylation sites (tertiary alicyclic amines) is 1. The second-order valence-corrected chi connectivity index (χ2v) is 6.14.